The summed E-state index contributed by atoms with van der Waals surface area (Å²) in [5.41, 5.74) is 1.82. The van der Waals surface area contributed by atoms with Gasteiger partial charge in [0.2, 0.25) is 0 Å². The summed E-state index contributed by atoms with van der Waals surface area (Å²) in [6.07, 6.45) is 2.25. The number of methoxy groups -OCH3 is 1. The van der Waals surface area contributed by atoms with E-state index in [1.807, 2.05) is 24.3 Å². The zero-order valence-corrected chi connectivity index (χ0v) is 13.0. The van der Waals surface area contributed by atoms with E-state index in [1.54, 1.807) is 0 Å². The molecule has 2 fully saturated rings. The van der Waals surface area contributed by atoms with Crippen LogP contribution < -0.4 is 0 Å². The van der Waals surface area contributed by atoms with Crippen LogP contribution in [-0.2, 0) is 20.8 Å². The highest BCUT2D eigenvalue weighted by Gasteiger charge is 2.30. The van der Waals surface area contributed by atoms with Crippen molar-refractivity contribution in [3.8, 4) is 0 Å². The molecule has 3 rings (SSSR count). The monoisotopic (exact) mass is 305 g/mol. The van der Waals surface area contributed by atoms with Gasteiger partial charge in [-0.1, -0.05) is 12.1 Å². The number of nitrogens with zero attached hydrogens (tertiary/aromatic N) is 1. The van der Waals surface area contributed by atoms with Crippen molar-refractivity contribution in [2.24, 2.45) is 5.92 Å². The van der Waals surface area contributed by atoms with E-state index < -0.39 is 0 Å². The van der Waals surface area contributed by atoms with Gasteiger partial charge in [0.1, 0.15) is 0 Å². The summed E-state index contributed by atoms with van der Waals surface area (Å²) in [5.74, 6) is 0.240. The van der Waals surface area contributed by atoms with Gasteiger partial charge in [0, 0.05) is 12.5 Å². The Labute approximate surface area is 131 Å². The molecule has 120 valence electrons. The van der Waals surface area contributed by atoms with E-state index in [0.29, 0.717) is 11.5 Å². The first-order valence-corrected chi connectivity index (χ1v) is 7.89. The van der Waals surface area contributed by atoms with Crippen LogP contribution in [-0.4, -0.2) is 50.6 Å². The molecule has 22 heavy (non-hydrogen) atoms. The lowest BCUT2D eigenvalue weighted by Gasteiger charge is -2.33. The van der Waals surface area contributed by atoms with E-state index in [4.69, 9.17) is 14.2 Å². The predicted molar refractivity (Wildman–Crippen MR) is 81.5 cm³/mol. The average molecular weight is 305 g/mol. The van der Waals surface area contributed by atoms with Gasteiger partial charge in [-0.3, -0.25) is 4.90 Å². The molecule has 0 radical (unpaired) electrons. The maximum absolute atomic E-state index is 11.4. The number of piperidine rings is 1. The first-order chi connectivity index (χ1) is 10.8. The molecule has 0 atom stereocenters. The molecule has 5 heteroatoms. The zero-order chi connectivity index (χ0) is 15.4. The third kappa shape index (κ3) is 3.66. The van der Waals surface area contributed by atoms with Crippen LogP contribution in [0.2, 0.25) is 0 Å². The molecule has 0 amide bonds. The smallest absolute Gasteiger partial charge is 0.337 e. The second kappa shape index (κ2) is 7.22. The van der Waals surface area contributed by atoms with Gasteiger partial charge in [0.25, 0.3) is 0 Å². The molecule has 0 saturated carbocycles. The van der Waals surface area contributed by atoms with Crippen LogP contribution in [0, 0.1) is 5.92 Å². The quantitative estimate of drug-likeness (QED) is 0.797. The van der Waals surface area contributed by atoms with Crippen molar-refractivity contribution in [3.05, 3.63) is 35.4 Å². The first kappa shape index (κ1) is 15.5. The fourth-order valence-corrected chi connectivity index (χ4v) is 3.15. The number of benzene rings is 1. The number of carbonyl (C=O) groups is 1. The van der Waals surface area contributed by atoms with Crippen LogP contribution in [0.15, 0.2) is 24.3 Å². The van der Waals surface area contributed by atoms with E-state index in [-0.39, 0.29) is 12.3 Å². The van der Waals surface area contributed by atoms with Crippen LogP contribution in [0.25, 0.3) is 0 Å². The summed E-state index contributed by atoms with van der Waals surface area (Å²) in [4.78, 5) is 13.9. The highest BCUT2D eigenvalue weighted by Crippen LogP contribution is 2.26. The van der Waals surface area contributed by atoms with E-state index in [0.717, 1.165) is 45.7 Å². The Kier molecular flexibility index (Phi) is 5.08. The van der Waals surface area contributed by atoms with Crippen molar-refractivity contribution in [2.45, 2.75) is 25.7 Å². The lowest BCUT2D eigenvalue weighted by atomic mass is 9.96. The number of hydrogen-bond acceptors (Lipinski definition) is 5. The van der Waals surface area contributed by atoms with Crippen LogP contribution in [0.5, 0.6) is 0 Å². The van der Waals surface area contributed by atoms with Gasteiger partial charge in [0.05, 0.1) is 25.9 Å². The minimum Gasteiger partial charge on any atom is -0.465 e. The molecule has 2 aliphatic rings. The summed E-state index contributed by atoms with van der Waals surface area (Å²) in [6, 6.07) is 7.66. The standard InChI is InChI=1S/C17H23NO4/c1-20-16(19)14-4-2-13(3-5-14)12-18-8-6-15(7-9-18)17-21-10-11-22-17/h2-5,15,17H,6-12H2,1H3. The molecule has 0 bridgehead atoms. The topological polar surface area (TPSA) is 48.0 Å². The zero-order valence-electron chi connectivity index (χ0n) is 13.0. The molecular formula is C17H23NO4. The van der Waals surface area contributed by atoms with E-state index in [1.165, 1.54) is 12.7 Å². The molecule has 0 aliphatic carbocycles. The second-order valence-electron chi connectivity index (χ2n) is 5.91. The second-order valence-corrected chi connectivity index (χ2v) is 5.91. The lowest BCUT2D eigenvalue weighted by molar-refractivity contribution is -0.0977. The Morgan fingerprint density at radius 2 is 1.82 bits per heavy atom. The SMILES string of the molecule is COC(=O)c1ccc(CN2CCC(C3OCCO3)CC2)cc1. The van der Waals surface area contributed by atoms with Crippen LogP contribution >= 0.6 is 0 Å². The summed E-state index contributed by atoms with van der Waals surface area (Å²) >= 11 is 0. The van der Waals surface area contributed by atoms with Crippen molar-refractivity contribution in [1.82, 2.24) is 4.90 Å². The molecule has 5 nitrogen and oxygen atoms in total. The maximum Gasteiger partial charge on any atom is 0.337 e. The minimum atomic E-state index is -0.288. The van der Waals surface area contributed by atoms with E-state index >= 15 is 0 Å². The van der Waals surface area contributed by atoms with Gasteiger partial charge in [0.15, 0.2) is 6.29 Å². The average Bonchev–Trinajstić information content (AvgIpc) is 3.10. The van der Waals surface area contributed by atoms with Gasteiger partial charge in [-0.15, -0.1) is 0 Å². The number of rotatable bonds is 4. The minimum absolute atomic E-state index is 0.0153. The highest BCUT2D eigenvalue weighted by atomic mass is 16.7. The molecule has 0 unspecified atom stereocenters. The third-order valence-corrected chi connectivity index (χ3v) is 4.45. The van der Waals surface area contributed by atoms with E-state index in [2.05, 4.69) is 4.90 Å². The normalized spacial score (nSPS) is 21.1. The molecule has 2 heterocycles. The predicted octanol–water partition coefficient (Wildman–Crippen LogP) is 2.06. The first-order valence-electron chi connectivity index (χ1n) is 7.89. The molecule has 0 N–H and O–H groups in total. The number of likely N-dealkylation sites (tertiary alicyclic amines) is 1. The molecule has 2 aliphatic heterocycles. The maximum atomic E-state index is 11.4. The summed E-state index contributed by atoms with van der Waals surface area (Å²) in [5, 5.41) is 0. The van der Waals surface area contributed by atoms with Gasteiger partial charge >= 0.3 is 5.97 Å². The number of hydrogen-bond donors (Lipinski definition) is 0. The summed E-state index contributed by atoms with van der Waals surface area (Å²) in [6.45, 7) is 4.51. The highest BCUT2D eigenvalue weighted by molar-refractivity contribution is 5.89. The van der Waals surface area contributed by atoms with Crippen molar-refractivity contribution < 1.29 is 19.0 Å². The molecule has 0 spiro atoms. The van der Waals surface area contributed by atoms with Gasteiger partial charge in [-0.25, -0.2) is 4.79 Å². The number of esters is 1. The van der Waals surface area contributed by atoms with Gasteiger partial charge in [-0.05, 0) is 43.6 Å². The Morgan fingerprint density at radius 3 is 2.41 bits per heavy atom. The Morgan fingerprint density at radius 1 is 1.18 bits per heavy atom. The number of carbonyl (C=O) groups excluding carboxylic acids is 1. The van der Waals surface area contributed by atoms with Crippen molar-refractivity contribution in [2.75, 3.05) is 33.4 Å². The summed E-state index contributed by atoms with van der Waals surface area (Å²) < 4.78 is 15.9. The largest absolute Gasteiger partial charge is 0.465 e. The Balaban J connectivity index is 1.49. The Bertz CT molecular complexity index is 488. The van der Waals surface area contributed by atoms with Crippen LogP contribution in [0.1, 0.15) is 28.8 Å². The summed E-state index contributed by atoms with van der Waals surface area (Å²) in [7, 11) is 1.40. The van der Waals surface area contributed by atoms with Crippen molar-refractivity contribution >= 4 is 5.97 Å². The van der Waals surface area contributed by atoms with Crippen LogP contribution in [0.3, 0.4) is 0 Å². The van der Waals surface area contributed by atoms with Crippen molar-refractivity contribution in [3.63, 3.8) is 0 Å². The molecule has 0 aromatic heterocycles. The van der Waals surface area contributed by atoms with E-state index in [9.17, 15) is 4.79 Å². The van der Waals surface area contributed by atoms with Gasteiger partial charge < -0.3 is 14.2 Å². The fraction of sp³-hybridized carbons (Fsp3) is 0.588. The van der Waals surface area contributed by atoms with Crippen molar-refractivity contribution in [1.29, 1.82) is 0 Å². The molecule has 2 saturated heterocycles. The Hall–Kier alpha value is -1.43. The fourth-order valence-electron chi connectivity index (χ4n) is 3.15. The number of ether oxygens (including phenoxy) is 3. The molecule has 1 aromatic rings. The third-order valence-electron chi connectivity index (χ3n) is 4.45. The van der Waals surface area contributed by atoms with Gasteiger partial charge in [-0.2, -0.15) is 0 Å². The van der Waals surface area contributed by atoms with Crippen LogP contribution in [0.4, 0.5) is 0 Å². The lowest BCUT2D eigenvalue weighted by Crippen LogP contribution is -2.37. The molecular weight excluding hydrogens is 282 g/mol. The molecule has 1 aromatic carbocycles.